The van der Waals surface area contributed by atoms with Crippen LogP contribution >= 0.6 is 15.9 Å². The number of aromatic nitrogens is 2. The molecule has 1 N–H and O–H groups in total. The molecule has 0 saturated carbocycles. The van der Waals surface area contributed by atoms with Gasteiger partial charge in [0.25, 0.3) is 0 Å². The number of fused-ring (bicyclic) bond motifs is 1. The van der Waals surface area contributed by atoms with Crippen molar-refractivity contribution in [2.24, 2.45) is 5.10 Å². The van der Waals surface area contributed by atoms with Gasteiger partial charge in [0.05, 0.1) is 24.6 Å². The Bertz CT molecular complexity index is 1340. The summed E-state index contributed by atoms with van der Waals surface area (Å²) < 4.78 is 12.5. The van der Waals surface area contributed by atoms with Gasteiger partial charge in [-0.1, -0.05) is 24.3 Å². The van der Waals surface area contributed by atoms with Crippen molar-refractivity contribution in [3.63, 3.8) is 0 Å². The van der Waals surface area contributed by atoms with E-state index in [1.807, 2.05) is 36.4 Å². The quantitative estimate of drug-likeness (QED) is 0.232. The Labute approximate surface area is 189 Å². The minimum atomic E-state index is -0.592. The molecule has 10 nitrogen and oxygen atoms in total. The van der Waals surface area contributed by atoms with Crippen LogP contribution in [0.3, 0.4) is 0 Å². The maximum atomic E-state index is 12.4. The Hall–Kier alpha value is -3.99. The predicted octanol–water partition coefficient (Wildman–Crippen LogP) is 4.12. The molecule has 4 aromatic rings. The molecule has 0 atom stereocenters. The summed E-state index contributed by atoms with van der Waals surface area (Å²) in [6.45, 7) is 0.126. The zero-order valence-electron chi connectivity index (χ0n) is 16.7. The molecule has 4 rings (SSSR count). The fraction of sp³-hybridized carbons (Fsp3) is 0.0952. The molecule has 0 aliphatic heterocycles. The number of ether oxygens (including phenoxy) is 1. The van der Waals surface area contributed by atoms with Crippen molar-refractivity contribution in [1.29, 1.82) is 0 Å². The van der Waals surface area contributed by atoms with Crippen LogP contribution in [0.1, 0.15) is 21.9 Å². The summed E-state index contributed by atoms with van der Waals surface area (Å²) in [5.41, 5.74) is 3.25. The molecule has 11 heteroatoms. The highest BCUT2D eigenvalue weighted by molar-refractivity contribution is 9.10. The number of rotatable bonds is 7. The topological polar surface area (TPSA) is 125 Å². The van der Waals surface area contributed by atoms with E-state index in [2.05, 4.69) is 31.6 Å². The molecule has 0 spiro atoms. The Kier molecular flexibility index (Phi) is 5.99. The third-order valence-electron chi connectivity index (χ3n) is 4.58. The first-order chi connectivity index (χ1) is 15.5. The van der Waals surface area contributed by atoms with Crippen LogP contribution in [0.25, 0.3) is 10.8 Å². The number of benzene rings is 2. The van der Waals surface area contributed by atoms with Gasteiger partial charge in [-0.2, -0.15) is 9.78 Å². The van der Waals surface area contributed by atoms with Gasteiger partial charge in [0.2, 0.25) is 0 Å². The molecule has 2 aromatic carbocycles. The minimum Gasteiger partial charge on any atom is -0.496 e. The van der Waals surface area contributed by atoms with Gasteiger partial charge in [0.1, 0.15) is 22.5 Å². The van der Waals surface area contributed by atoms with Gasteiger partial charge in [-0.25, -0.2) is 5.43 Å². The first kappa shape index (κ1) is 21.2. The summed E-state index contributed by atoms with van der Waals surface area (Å²) in [5, 5.41) is 20.6. The van der Waals surface area contributed by atoms with Crippen LogP contribution in [0, 0.1) is 10.1 Å². The van der Waals surface area contributed by atoms with E-state index >= 15 is 0 Å². The predicted molar refractivity (Wildman–Crippen MR) is 120 cm³/mol. The molecule has 0 unspecified atom stereocenters. The van der Waals surface area contributed by atoms with Gasteiger partial charge in [-0.3, -0.25) is 4.79 Å². The number of nitrogens with zero attached hydrogens (tertiary/aromatic N) is 4. The highest BCUT2D eigenvalue weighted by Gasteiger charge is 2.20. The van der Waals surface area contributed by atoms with Crippen molar-refractivity contribution in [3.05, 3.63) is 86.4 Å². The largest absolute Gasteiger partial charge is 0.496 e. The normalized spacial score (nSPS) is 11.2. The number of carbonyl (C=O) groups excluding carboxylic acids is 1. The SMILES string of the molecule is COc1ccc(/C=N/NC(=O)c2ccc(Cn3cc(Br)c([N+](=O)[O-])n3)o2)c2ccccc12. The lowest BCUT2D eigenvalue weighted by Gasteiger charge is -2.07. The van der Waals surface area contributed by atoms with Crippen molar-refractivity contribution in [2.75, 3.05) is 7.11 Å². The van der Waals surface area contributed by atoms with Crippen molar-refractivity contribution in [1.82, 2.24) is 15.2 Å². The molecule has 2 heterocycles. The lowest BCUT2D eigenvalue weighted by molar-refractivity contribution is -0.390. The number of nitrogens with one attached hydrogen (secondary N) is 1. The van der Waals surface area contributed by atoms with E-state index in [0.717, 1.165) is 22.1 Å². The van der Waals surface area contributed by atoms with Crippen LogP contribution in [0.4, 0.5) is 5.82 Å². The van der Waals surface area contributed by atoms with Gasteiger partial charge in [-0.05, 0) is 50.5 Å². The molecule has 162 valence electrons. The molecular weight excluding hydrogens is 482 g/mol. The van der Waals surface area contributed by atoms with Crippen LogP contribution in [-0.2, 0) is 6.54 Å². The number of hydrogen-bond donors (Lipinski definition) is 1. The summed E-state index contributed by atoms with van der Waals surface area (Å²) in [7, 11) is 1.61. The highest BCUT2D eigenvalue weighted by atomic mass is 79.9. The molecule has 0 radical (unpaired) electrons. The molecule has 0 saturated heterocycles. The average molecular weight is 498 g/mol. The fourth-order valence-electron chi connectivity index (χ4n) is 3.14. The lowest BCUT2D eigenvalue weighted by atomic mass is 10.0. The summed E-state index contributed by atoms with van der Waals surface area (Å²) in [4.78, 5) is 22.7. The van der Waals surface area contributed by atoms with Gasteiger partial charge < -0.3 is 19.3 Å². The van der Waals surface area contributed by atoms with Gasteiger partial charge in [0, 0.05) is 10.9 Å². The van der Waals surface area contributed by atoms with Crippen molar-refractivity contribution >= 4 is 44.6 Å². The first-order valence-corrected chi connectivity index (χ1v) is 10.1. The molecule has 32 heavy (non-hydrogen) atoms. The van der Waals surface area contributed by atoms with Gasteiger partial charge >= 0.3 is 11.7 Å². The van der Waals surface area contributed by atoms with E-state index in [9.17, 15) is 14.9 Å². The number of nitro groups is 1. The molecule has 0 aliphatic carbocycles. The number of hydrazone groups is 1. The Morgan fingerprint density at radius 2 is 2.06 bits per heavy atom. The smallest absolute Gasteiger partial charge is 0.404 e. The second kappa shape index (κ2) is 9.02. The van der Waals surface area contributed by atoms with Crippen molar-refractivity contribution < 1.29 is 18.9 Å². The number of halogens is 1. The van der Waals surface area contributed by atoms with Gasteiger partial charge in [-0.15, -0.1) is 0 Å². The molecular formula is C21H16BrN5O5. The second-order valence-corrected chi connectivity index (χ2v) is 7.48. The second-order valence-electron chi connectivity index (χ2n) is 6.62. The monoisotopic (exact) mass is 497 g/mol. The third kappa shape index (κ3) is 4.37. The fourth-order valence-corrected chi connectivity index (χ4v) is 3.60. The molecule has 0 fully saturated rings. The Balaban J connectivity index is 1.44. The van der Waals surface area contributed by atoms with E-state index in [-0.39, 0.29) is 22.6 Å². The van der Waals surface area contributed by atoms with Crippen molar-refractivity contribution in [2.45, 2.75) is 6.54 Å². The number of hydrogen-bond acceptors (Lipinski definition) is 7. The van der Waals surface area contributed by atoms with Crippen LogP contribution in [0.2, 0.25) is 0 Å². The van der Waals surface area contributed by atoms with Crippen molar-refractivity contribution in [3.8, 4) is 5.75 Å². The minimum absolute atomic E-state index is 0.0532. The van der Waals surface area contributed by atoms with Crippen LogP contribution < -0.4 is 10.2 Å². The van der Waals surface area contributed by atoms with Crippen LogP contribution in [-0.4, -0.2) is 33.9 Å². The van der Waals surface area contributed by atoms with E-state index < -0.39 is 10.8 Å². The molecule has 2 aromatic heterocycles. The summed E-state index contributed by atoms with van der Waals surface area (Å²) in [6, 6.07) is 14.5. The maximum Gasteiger partial charge on any atom is 0.404 e. The highest BCUT2D eigenvalue weighted by Crippen LogP contribution is 2.27. The number of methoxy groups -OCH3 is 1. The average Bonchev–Trinajstić information content (AvgIpc) is 3.40. The first-order valence-electron chi connectivity index (χ1n) is 9.31. The molecule has 1 amide bonds. The molecule has 0 aliphatic rings. The summed E-state index contributed by atoms with van der Waals surface area (Å²) in [5.74, 6) is 0.384. The van der Waals surface area contributed by atoms with Crippen LogP contribution in [0.15, 0.2) is 68.7 Å². The maximum absolute atomic E-state index is 12.4. The van der Waals surface area contributed by atoms with Crippen LogP contribution in [0.5, 0.6) is 5.75 Å². The lowest BCUT2D eigenvalue weighted by Crippen LogP contribution is -2.16. The third-order valence-corrected chi connectivity index (χ3v) is 5.14. The standard InChI is InChI=1S/C21H16BrN5O5/c1-31-18-8-6-13(15-4-2-3-5-16(15)18)10-23-24-21(28)19-9-7-14(32-19)11-26-12-17(22)20(25-26)27(29)30/h2-10,12H,11H2,1H3,(H,24,28)/b23-10+. The van der Waals surface area contributed by atoms with Gasteiger partial charge in [0.15, 0.2) is 5.76 Å². The molecule has 0 bridgehead atoms. The number of furan rings is 1. The van der Waals surface area contributed by atoms with E-state index in [0.29, 0.717) is 5.76 Å². The zero-order chi connectivity index (χ0) is 22.7. The zero-order valence-corrected chi connectivity index (χ0v) is 18.3. The number of carbonyl (C=O) groups is 1. The Morgan fingerprint density at radius 3 is 2.78 bits per heavy atom. The summed E-state index contributed by atoms with van der Waals surface area (Å²) >= 11 is 3.09. The van der Waals surface area contributed by atoms with E-state index in [1.165, 1.54) is 16.9 Å². The van der Waals surface area contributed by atoms with E-state index in [4.69, 9.17) is 9.15 Å². The Morgan fingerprint density at radius 1 is 1.28 bits per heavy atom. The number of amides is 1. The van der Waals surface area contributed by atoms with E-state index in [1.54, 1.807) is 19.4 Å². The summed E-state index contributed by atoms with van der Waals surface area (Å²) in [6.07, 6.45) is 3.01.